The first-order valence-corrected chi connectivity index (χ1v) is 11.5. The van der Waals surface area contributed by atoms with E-state index < -0.39 is 23.3 Å². The summed E-state index contributed by atoms with van der Waals surface area (Å²) in [5.41, 5.74) is 2.39. The van der Waals surface area contributed by atoms with Crippen molar-refractivity contribution < 1.29 is 27.4 Å². The SMILES string of the molecule is Cc1cc(F)cc(-c2cncc(-c3ccc(C(F)(F)F)cc3O)c2N2CC[C@H]3NCCO[C@@H]3C2)c1. The molecular weight excluding hydrogens is 462 g/mol. The van der Waals surface area contributed by atoms with Gasteiger partial charge in [-0.05, 0) is 54.8 Å². The summed E-state index contributed by atoms with van der Waals surface area (Å²) in [6, 6.07) is 7.81. The lowest BCUT2D eigenvalue weighted by Gasteiger charge is -2.43. The van der Waals surface area contributed by atoms with E-state index >= 15 is 0 Å². The Morgan fingerprint density at radius 2 is 1.89 bits per heavy atom. The molecule has 0 bridgehead atoms. The molecule has 0 aliphatic carbocycles. The van der Waals surface area contributed by atoms with Crippen molar-refractivity contribution >= 4 is 5.69 Å². The number of ether oxygens (including phenoxy) is 1. The molecule has 3 heterocycles. The quantitative estimate of drug-likeness (QED) is 0.501. The average Bonchev–Trinajstić information content (AvgIpc) is 2.82. The molecule has 35 heavy (non-hydrogen) atoms. The number of nitrogens with one attached hydrogen (secondary N) is 1. The summed E-state index contributed by atoms with van der Waals surface area (Å²) in [4.78, 5) is 6.42. The van der Waals surface area contributed by atoms with Crippen molar-refractivity contribution in [2.24, 2.45) is 0 Å². The van der Waals surface area contributed by atoms with Gasteiger partial charge < -0.3 is 20.1 Å². The van der Waals surface area contributed by atoms with Crippen LogP contribution in [-0.2, 0) is 10.9 Å². The molecule has 2 N–H and O–H groups in total. The van der Waals surface area contributed by atoms with Crippen LogP contribution in [0.3, 0.4) is 0 Å². The predicted molar refractivity (Wildman–Crippen MR) is 125 cm³/mol. The van der Waals surface area contributed by atoms with Gasteiger partial charge in [0.1, 0.15) is 11.6 Å². The molecule has 5 nitrogen and oxygen atoms in total. The van der Waals surface area contributed by atoms with E-state index in [1.807, 2.05) is 6.07 Å². The molecular formula is C26H25F4N3O2. The molecule has 2 fully saturated rings. The number of rotatable bonds is 3. The second-order valence-corrected chi connectivity index (χ2v) is 9.03. The molecule has 2 aliphatic rings. The van der Waals surface area contributed by atoms with Crippen molar-refractivity contribution in [3.8, 4) is 28.0 Å². The molecule has 3 aromatic rings. The van der Waals surface area contributed by atoms with Crippen LogP contribution in [0.25, 0.3) is 22.3 Å². The lowest BCUT2D eigenvalue weighted by atomic mass is 9.93. The number of benzene rings is 2. The second-order valence-electron chi connectivity index (χ2n) is 9.03. The highest BCUT2D eigenvalue weighted by Crippen LogP contribution is 2.44. The summed E-state index contributed by atoms with van der Waals surface area (Å²) in [6.07, 6.45) is -0.695. The highest BCUT2D eigenvalue weighted by Gasteiger charge is 2.35. The number of pyridine rings is 1. The maximum atomic E-state index is 14.3. The van der Waals surface area contributed by atoms with Crippen LogP contribution < -0.4 is 10.2 Å². The predicted octanol–water partition coefficient (Wildman–Crippen LogP) is 5.15. The molecule has 0 unspecified atom stereocenters. The summed E-state index contributed by atoms with van der Waals surface area (Å²) >= 11 is 0. The Bertz CT molecular complexity index is 1230. The van der Waals surface area contributed by atoms with Crippen LogP contribution in [0.2, 0.25) is 0 Å². The number of halogens is 4. The molecule has 5 rings (SSSR count). The summed E-state index contributed by atoms with van der Waals surface area (Å²) in [5.74, 6) is -0.895. The van der Waals surface area contributed by atoms with Crippen LogP contribution >= 0.6 is 0 Å². The number of phenols is 1. The summed E-state index contributed by atoms with van der Waals surface area (Å²) in [5, 5.41) is 14.1. The molecule has 2 atom stereocenters. The Balaban J connectivity index is 1.66. The fourth-order valence-corrected chi connectivity index (χ4v) is 5.01. The monoisotopic (exact) mass is 487 g/mol. The van der Waals surface area contributed by atoms with E-state index in [1.54, 1.807) is 13.1 Å². The third-order valence-corrected chi connectivity index (χ3v) is 6.60. The summed E-state index contributed by atoms with van der Waals surface area (Å²) in [6.45, 7) is 4.36. The standard InChI is InChI=1S/C26H25F4N3O2/c1-15-8-16(10-18(27)9-15)20-12-31-13-21(19-3-2-17(11-23(19)34)26(28,29)30)25(20)33-6-4-22-24(14-33)35-7-5-32-22/h2-3,8-13,22,24,32,34H,4-7,14H2,1H3/t22-,24-/m1/s1. The van der Waals surface area contributed by atoms with E-state index in [1.165, 1.54) is 24.4 Å². The van der Waals surface area contributed by atoms with Crippen LogP contribution in [0, 0.1) is 12.7 Å². The Kier molecular flexibility index (Phi) is 6.14. The normalized spacial score (nSPS) is 20.5. The number of phenolic OH excluding ortho intramolecular Hbond substituents is 1. The lowest BCUT2D eigenvalue weighted by molar-refractivity contribution is -0.137. The van der Waals surface area contributed by atoms with Crippen LogP contribution in [-0.4, -0.2) is 48.5 Å². The van der Waals surface area contributed by atoms with Crippen molar-refractivity contribution in [1.82, 2.24) is 10.3 Å². The van der Waals surface area contributed by atoms with Gasteiger partial charge in [0.05, 0.1) is 24.0 Å². The zero-order valence-corrected chi connectivity index (χ0v) is 19.1. The van der Waals surface area contributed by atoms with Crippen molar-refractivity contribution in [2.75, 3.05) is 31.1 Å². The largest absolute Gasteiger partial charge is 0.507 e. The number of alkyl halides is 3. The van der Waals surface area contributed by atoms with E-state index in [0.717, 1.165) is 30.7 Å². The topological polar surface area (TPSA) is 57.6 Å². The fourth-order valence-electron chi connectivity index (χ4n) is 5.01. The number of nitrogens with zero attached hydrogens (tertiary/aromatic N) is 2. The van der Waals surface area contributed by atoms with E-state index in [2.05, 4.69) is 15.2 Å². The van der Waals surface area contributed by atoms with Gasteiger partial charge in [-0.1, -0.05) is 6.07 Å². The van der Waals surface area contributed by atoms with Crippen LogP contribution in [0.4, 0.5) is 23.2 Å². The molecule has 0 spiro atoms. The molecule has 2 saturated heterocycles. The number of piperidine rings is 1. The van der Waals surface area contributed by atoms with Gasteiger partial charge in [0, 0.05) is 54.8 Å². The first kappa shape index (κ1) is 23.6. The minimum absolute atomic E-state index is 0.0678. The van der Waals surface area contributed by atoms with Crippen LogP contribution in [0.15, 0.2) is 48.8 Å². The van der Waals surface area contributed by atoms with E-state index in [4.69, 9.17) is 4.74 Å². The number of morpholine rings is 1. The van der Waals surface area contributed by atoms with Gasteiger partial charge in [-0.25, -0.2) is 4.39 Å². The van der Waals surface area contributed by atoms with Crippen molar-refractivity contribution in [2.45, 2.75) is 31.7 Å². The van der Waals surface area contributed by atoms with Crippen molar-refractivity contribution in [3.05, 3.63) is 65.7 Å². The summed E-state index contributed by atoms with van der Waals surface area (Å²) < 4.78 is 59.9. The van der Waals surface area contributed by atoms with Gasteiger partial charge in [0.25, 0.3) is 0 Å². The Hall–Kier alpha value is -3.17. The Labute approximate surface area is 200 Å². The molecule has 9 heteroatoms. The molecule has 0 radical (unpaired) electrons. The molecule has 0 saturated carbocycles. The van der Waals surface area contributed by atoms with Gasteiger partial charge in [-0.15, -0.1) is 0 Å². The molecule has 1 aromatic heterocycles. The molecule has 2 aliphatic heterocycles. The van der Waals surface area contributed by atoms with Crippen LogP contribution in [0.1, 0.15) is 17.5 Å². The van der Waals surface area contributed by atoms with Gasteiger partial charge in [0.2, 0.25) is 0 Å². The minimum atomic E-state index is -4.58. The number of aromatic nitrogens is 1. The maximum Gasteiger partial charge on any atom is 0.416 e. The second kappa shape index (κ2) is 9.13. The van der Waals surface area contributed by atoms with E-state index in [9.17, 15) is 22.7 Å². The number of aryl methyl sites for hydroxylation is 1. The molecule has 184 valence electrons. The first-order chi connectivity index (χ1) is 16.7. The van der Waals surface area contributed by atoms with Crippen LogP contribution in [0.5, 0.6) is 5.75 Å². The minimum Gasteiger partial charge on any atom is -0.507 e. The number of anilines is 1. The van der Waals surface area contributed by atoms with Gasteiger partial charge in [-0.3, -0.25) is 4.98 Å². The van der Waals surface area contributed by atoms with Gasteiger partial charge in [0.15, 0.2) is 0 Å². The smallest absolute Gasteiger partial charge is 0.416 e. The van der Waals surface area contributed by atoms with Gasteiger partial charge >= 0.3 is 6.18 Å². The third kappa shape index (κ3) is 4.70. The number of hydrogen-bond donors (Lipinski definition) is 2. The Morgan fingerprint density at radius 1 is 1.09 bits per heavy atom. The number of fused-ring (bicyclic) bond motifs is 1. The fraction of sp³-hybridized carbons (Fsp3) is 0.346. The number of aromatic hydroxyl groups is 1. The third-order valence-electron chi connectivity index (χ3n) is 6.60. The van der Waals surface area contributed by atoms with Crippen molar-refractivity contribution in [1.29, 1.82) is 0 Å². The number of hydrogen-bond acceptors (Lipinski definition) is 5. The zero-order chi connectivity index (χ0) is 24.7. The first-order valence-electron chi connectivity index (χ1n) is 11.5. The highest BCUT2D eigenvalue weighted by atomic mass is 19.4. The average molecular weight is 487 g/mol. The maximum absolute atomic E-state index is 14.3. The summed E-state index contributed by atoms with van der Waals surface area (Å²) in [7, 11) is 0. The van der Waals surface area contributed by atoms with E-state index in [0.29, 0.717) is 42.1 Å². The zero-order valence-electron chi connectivity index (χ0n) is 19.1. The molecule has 0 amide bonds. The lowest BCUT2D eigenvalue weighted by Crippen LogP contribution is -2.57. The Morgan fingerprint density at radius 3 is 2.63 bits per heavy atom. The highest BCUT2D eigenvalue weighted by molar-refractivity contribution is 5.92. The van der Waals surface area contributed by atoms with E-state index in [-0.39, 0.29) is 17.7 Å². The molecule has 2 aromatic carbocycles. The van der Waals surface area contributed by atoms with Gasteiger partial charge in [-0.2, -0.15) is 13.2 Å². The van der Waals surface area contributed by atoms with Crippen molar-refractivity contribution in [3.63, 3.8) is 0 Å².